The van der Waals surface area contributed by atoms with E-state index >= 15 is 0 Å². The molecule has 1 N–H and O–H groups in total. The largest absolute Gasteiger partial charge is 0.475 e. The van der Waals surface area contributed by atoms with Crippen molar-refractivity contribution < 1.29 is 13.9 Å². The molecule has 0 aliphatic rings. The van der Waals surface area contributed by atoms with E-state index in [9.17, 15) is 9.18 Å². The van der Waals surface area contributed by atoms with Crippen LogP contribution >= 0.6 is 11.6 Å². The lowest BCUT2D eigenvalue weighted by Crippen LogP contribution is -2.28. The Morgan fingerprint density at radius 1 is 1.00 bits per heavy atom. The van der Waals surface area contributed by atoms with Gasteiger partial charge in [0.2, 0.25) is 5.88 Å². The van der Waals surface area contributed by atoms with Gasteiger partial charge >= 0.3 is 0 Å². The van der Waals surface area contributed by atoms with E-state index in [1.807, 2.05) is 0 Å². The van der Waals surface area contributed by atoms with Crippen molar-refractivity contribution in [3.05, 3.63) is 77.1 Å². The molecule has 3 rings (SSSR count). The fourth-order valence-corrected chi connectivity index (χ4v) is 2.32. The highest BCUT2D eigenvalue weighted by Gasteiger charge is 2.05. The molecule has 0 aliphatic heterocycles. The molecular formula is C19H15ClFN3O2. The molecule has 26 heavy (non-hydrogen) atoms. The molecule has 1 aromatic heterocycles. The standard InChI is InChI=1S/C19H15ClFN3O2/c20-15-5-1-14(2-6-15)19(25)22-11-12-26-18-10-9-17(23-24-18)13-3-7-16(21)8-4-13/h1-10H,11-12H2,(H,22,25). The summed E-state index contributed by atoms with van der Waals surface area (Å²) in [6.45, 7) is 0.576. The number of rotatable bonds is 6. The highest BCUT2D eigenvalue weighted by molar-refractivity contribution is 6.30. The minimum atomic E-state index is -0.303. The van der Waals surface area contributed by atoms with E-state index in [-0.39, 0.29) is 18.3 Å². The first-order valence-electron chi connectivity index (χ1n) is 7.88. The van der Waals surface area contributed by atoms with Crippen LogP contribution in [0.15, 0.2) is 60.7 Å². The number of benzene rings is 2. The fraction of sp³-hybridized carbons (Fsp3) is 0.105. The first-order valence-corrected chi connectivity index (χ1v) is 8.26. The Morgan fingerprint density at radius 2 is 1.73 bits per heavy atom. The molecule has 0 radical (unpaired) electrons. The molecule has 3 aromatic rings. The topological polar surface area (TPSA) is 64.1 Å². The van der Waals surface area contributed by atoms with Crippen molar-refractivity contribution in [1.29, 1.82) is 0 Å². The Kier molecular flexibility index (Phi) is 5.76. The van der Waals surface area contributed by atoms with E-state index in [4.69, 9.17) is 16.3 Å². The van der Waals surface area contributed by atoms with Gasteiger partial charge in [-0.1, -0.05) is 11.6 Å². The molecule has 0 unspecified atom stereocenters. The Hall–Kier alpha value is -2.99. The monoisotopic (exact) mass is 371 g/mol. The number of ether oxygens (including phenoxy) is 1. The minimum absolute atomic E-state index is 0.206. The van der Waals surface area contributed by atoms with Crippen LogP contribution in [-0.4, -0.2) is 29.3 Å². The van der Waals surface area contributed by atoms with Gasteiger partial charge < -0.3 is 10.1 Å². The number of carbonyl (C=O) groups is 1. The molecule has 7 heteroatoms. The van der Waals surface area contributed by atoms with Gasteiger partial charge in [0.15, 0.2) is 0 Å². The predicted octanol–water partition coefficient (Wildman–Crippen LogP) is 3.74. The van der Waals surface area contributed by atoms with E-state index in [0.717, 1.165) is 5.56 Å². The van der Waals surface area contributed by atoms with Gasteiger partial charge in [-0.3, -0.25) is 4.79 Å². The van der Waals surface area contributed by atoms with Gasteiger partial charge in [-0.05, 0) is 54.6 Å². The van der Waals surface area contributed by atoms with Crippen molar-refractivity contribution in [2.45, 2.75) is 0 Å². The summed E-state index contributed by atoms with van der Waals surface area (Å²) >= 11 is 5.79. The van der Waals surface area contributed by atoms with Crippen LogP contribution in [0.4, 0.5) is 4.39 Å². The van der Waals surface area contributed by atoms with Crippen LogP contribution in [0, 0.1) is 5.82 Å². The number of nitrogens with zero attached hydrogens (tertiary/aromatic N) is 2. The molecular weight excluding hydrogens is 357 g/mol. The first-order chi connectivity index (χ1) is 12.6. The Balaban J connectivity index is 1.47. The average Bonchev–Trinajstić information content (AvgIpc) is 2.67. The number of amides is 1. The molecule has 5 nitrogen and oxygen atoms in total. The molecule has 1 amide bonds. The zero-order valence-electron chi connectivity index (χ0n) is 13.7. The lowest BCUT2D eigenvalue weighted by atomic mass is 10.1. The van der Waals surface area contributed by atoms with Crippen LogP contribution in [0.1, 0.15) is 10.4 Å². The smallest absolute Gasteiger partial charge is 0.251 e. The summed E-state index contributed by atoms with van der Waals surface area (Å²) in [5.74, 6) is -0.165. The molecule has 2 aromatic carbocycles. The number of hydrogen-bond donors (Lipinski definition) is 1. The van der Waals surface area contributed by atoms with Crippen LogP contribution in [0.25, 0.3) is 11.3 Å². The van der Waals surface area contributed by atoms with Crippen LogP contribution in [0.2, 0.25) is 5.02 Å². The van der Waals surface area contributed by atoms with Gasteiger partial charge in [0.1, 0.15) is 12.4 Å². The summed E-state index contributed by atoms with van der Waals surface area (Å²) < 4.78 is 18.4. The molecule has 1 heterocycles. The molecule has 0 spiro atoms. The van der Waals surface area contributed by atoms with Gasteiger partial charge in [0.05, 0.1) is 12.2 Å². The summed E-state index contributed by atoms with van der Waals surface area (Å²) in [5, 5.41) is 11.3. The molecule has 0 aliphatic carbocycles. The third-order valence-corrected chi connectivity index (χ3v) is 3.78. The molecule has 0 fully saturated rings. The quantitative estimate of drug-likeness (QED) is 0.670. The maximum absolute atomic E-state index is 12.9. The molecule has 0 saturated heterocycles. The zero-order chi connectivity index (χ0) is 18.4. The van der Waals surface area contributed by atoms with Crippen molar-refractivity contribution in [2.75, 3.05) is 13.2 Å². The number of halogens is 2. The molecule has 0 atom stereocenters. The number of nitrogens with one attached hydrogen (secondary N) is 1. The van der Waals surface area contributed by atoms with E-state index in [1.54, 1.807) is 48.5 Å². The van der Waals surface area contributed by atoms with E-state index < -0.39 is 0 Å². The molecule has 0 saturated carbocycles. The highest BCUT2D eigenvalue weighted by atomic mass is 35.5. The van der Waals surface area contributed by atoms with Crippen molar-refractivity contribution in [3.8, 4) is 17.1 Å². The van der Waals surface area contributed by atoms with E-state index in [0.29, 0.717) is 28.7 Å². The number of hydrogen-bond acceptors (Lipinski definition) is 4. The summed E-state index contributed by atoms with van der Waals surface area (Å²) in [7, 11) is 0. The van der Waals surface area contributed by atoms with Crippen molar-refractivity contribution in [2.24, 2.45) is 0 Å². The molecule has 132 valence electrons. The Bertz CT molecular complexity index is 869. The first kappa shape index (κ1) is 17.8. The van der Waals surface area contributed by atoms with E-state index in [2.05, 4.69) is 15.5 Å². The minimum Gasteiger partial charge on any atom is -0.475 e. The normalized spacial score (nSPS) is 10.4. The number of aromatic nitrogens is 2. The maximum Gasteiger partial charge on any atom is 0.251 e. The summed E-state index contributed by atoms with van der Waals surface area (Å²) in [5.41, 5.74) is 1.91. The zero-order valence-corrected chi connectivity index (χ0v) is 14.4. The second-order valence-corrected chi connectivity index (χ2v) is 5.81. The van der Waals surface area contributed by atoms with Gasteiger partial charge in [0, 0.05) is 22.2 Å². The van der Waals surface area contributed by atoms with Gasteiger partial charge in [-0.25, -0.2) is 4.39 Å². The van der Waals surface area contributed by atoms with Crippen LogP contribution < -0.4 is 10.1 Å². The van der Waals surface area contributed by atoms with Gasteiger partial charge in [0.25, 0.3) is 5.91 Å². The van der Waals surface area contributed by atoms with Crippen molar-refractivity contribution in [3.63, 3.8) is 0 Å². The van der Waals surface area contributed by atoms with Crippen LogP contribution in [-0.2, 0) is 0 Å². The SMILES string of the molecule is O=C(NCCOc1ccc(-c2ccc(F)cc2)nn1)c1ccc(Cl)cc1. The average molecular weight is 372 g/mol. The summed E-state index contributed by atoms with van der Waals surface area (Å²) in [6.07, 6.45) is 0. The third-order valence-electron chi connectivity index (χ3n) is 3.52. The summed E-state index contributed by atoms with van der Waals surface area (Å²) in [4.78, 5) is 11.9. The fourth-order valence-electron chi connectivity index (χ4n) is 2.20. The third kappa shape index (κ3) is 4.77. The van der Waals surface area contributed by atoms with E-state index in [1.165, 1.54) is 12.1 Å². The molecule has 0 bridgehead atoms. The van der Waals surface area contributed by atoms with Crippen LogP contribution in [0.3, 0.4) is 0 Å². The van der Waals surface area contributed by atoms with Crippen molar-refractivity contribution >= 4 is 17.5 Å². The second-order valence-electron chi connectivity index (χ2n) is 5.37. The predicted molar refractivity (Wildman–Crippen MR) is 96.7 cm³/mol. The van der Waals surface area contributed by atoms with Crippen LogP contribution in [0.5, 0.6) is 5.88 Å². The lowest BCUT2D eigenvalue weighted by Gasteiger charge is -2.07. The number of carbonyl (C=O) groups excluding carboxylic acids is 1. The van der Waals surface area contributed by atoms with Gasteiger partial charge in [-0.15, -0.1) is 10.2 Å². The summed E-state index contributed by atoms with van der Waals surface area (Å²) in [6, 6.07) is 16.0. The Labute approximate surface area is 154 Å². The Morgan fingerprint density at radius 3 is 2.38 bits per heavy atom. The highest BCUT2D eigenvalue weighted by Crippen LogP contribution is 2.18. The van der Waals surface area contributed by atoms with Gasteiger partial charge in [-0.2, -0.15) is 0 Å². The lowest BCUT2D eigenvalue weighted by molar-refractivity contribution is 0.0946. The van der Waals surface area contributed by atoms with Crippen molar-refractivity contribution in [1.82, 2.24) is 15.5 Å². The second kappa shape index (κ2) is 8.40. The maximum atomic E-state index is 12.9.